The lowest BCUT2D eigenvalue weighted by Crippen LogP contribution is -2.47. The smallest absolute Gasteiger partial charge is 0.256 e. The summed E-state index contributed by atoms with van der Waals surface area (Å²) < 4.78 is 19.0. The van der Waals surface area contributed by atoms with Crippen LogP contribution in [0.25, 0.3) is 0 Å². The Morgan fingerprint density at radius 2 is 1.83 bits per heavy atom. The van der Waals surface area contributed by atoms with Gasteiger partial charge in [-0.2, -0.15) is 0 Å². The van der Waals surface area contributed by atoms with Gasteiger partial charge in [0, 0.05) is 6.54 Å². The average molecular weight is 329 g/mol. The van der Waals surface area contributed by atoms with Crippen molar-refractivity contribution in [1.82, 2.24) is 4.90 Å². The number of hydrogen-bond acceptors (Lipinski definition) is 3. The van der Waals surface area contributed by atoms with Crippen molar-refractivity contribution in [2.75, 3.05) is 13.1 Å². The molecule has 4 nitrogen and oxygen atoms in total. The molecule has 2 aromatic carbocycles. The lowest BCUT2D eigenvalue weighted by atomic mass is 10.0. The second-order valence-corrected chi connectivity index (χ2v) is 6.04. The summed E-state index contributed by atoms with van der Waals surface area (Å²) in [7, 11) is 0. The Balaban J connectivity index is 1.75. The number of nitrogens with zero attached hydrogens (tertiary/aromatic N) is 1. The van der Waals surface area contributed by atoms with Gasteiger partial charge in [-0.1, -0.05) is 42.5 Å². The van der Waals surface area contributed by atoms with Crippen LogP contribution in [0.5, 0.6) is 0 Å². The monoisotopic (exact) mass is 329 g/mol. The number of hydrogen-bond donors (Lipinski definition) is 1. The average Bonchev–Trinajstić information content (AvgIpc) is 2.61. The third kappa shape index (κ3) is 3.63. The first kappa shape index (κ1) is 16.6. The molecule has 5 heteroatoms. The van der Waals surface area contributed by atoms with E-state index in [0.29, 0.717) is 18.7 Å². The SMILES string of the molecule is CC1CN(C(=O)C(O)c2ccccc2)CC(c2ccc(F)cc2)O1. The standard InChI is InChI=1S/C19H20FNO3/c1-13-11-21(19(23)18(22)15-5-3-2-4-6-15)12-17(24-13)14-7-9-16(20)10-8-14/h2-10,13,17-18,22H,11-12H2,1H3. The van der Waals surface area contributed by atoms with Crippen LogP contribution in [-0.4, -0.2) is 35.1 Å². The van der Waals surface area contributed by atoms with Crippen molar-refractivity contribution in [3.63, 3.8) is 0 Å². The zero-order valence-corrected chi connectivity index (χ0v) is 13.4. The fourth-order valence-corrected chi connectivity index (χ4v) is 2.94. The Labute approximate surface area is 140 Å². The molecule has 0 aliphatic carbocycles. The minimum absolute atomic E-state index is 0.166. The van der Waals surface area contributed by atoms with Crippen LogP contribution < -0.4 is 0 Å². The lowest BCUT2D eigenvalue weighted by Gasteiger charge is -2.38. The molecular weight excluding hydrogens is 309 g/mol. The number of carbonyl (C=O) groups is 1. The van der Waals surface area contributed by atoms with Crippen LogP contribution >= 0.6 is 0 Å². The maximum atomic E-state index is 13.1. The predicted octanol–water partition coefficient (Wildman–Crippen LogP) is 2.85. The van der Waals surface area contributed by atoms with Crippen molar-refractivity contribution >= 4 is 5.91 Å². The molecule has 0 bridgehead atoms. The van der Waals surface area contributed by atoms with E-state index in [1.165, 1.54) is 12.1 Å². The van der Waals surface area contributed by atoms with Gasteiger partial charge in [0.1, 0.15) is 11.9 Å². The van der Waals surface area contributed by atoms with E-state index >= 15 is 0 Å². The summed E-state index contributed by atoms with van der Waals surface area (Å²) in [6, 6.07) is 14.9. The topological polar surface area (TPSA) is 49.8 Å². The van der Waals surface area contributed by atoms with Crippen molar-refractivity contribution in [3.05, 3.63) is 71.5 Å². The second-order valence-electron chi connectivity index (χ2n) is 6.04. The van der Waals surface area contributed by atoms with Crippen LogP contribution in [0, 0.1) is 5.82 Å². The first-order valence-electron chi connectivity index (χ1n) is 7.97. The van der Waals surface area contributed by atoms with E-state index < -0.39 is 6.10 Å². The van der Waals surface area contributed by atoms with Crippen molar-refractivity contribution in [2.45, 2.75) is 25.2 Å². The number of amides is 1. The molecule has 0 aromatic heterocycles. The summed E-state index contributed by atoms with van der Waals surface area (Å²) in [5.41, 5.74) is 1.38. The summed E-state index contributed by atoms with van der Waals surface area (Å²) in [5.74, 6) is -0.654. The Bertz CT molecular complexity index is 690. The highest BCUT2D eigenvalue weighted by molar-refractivity contribution is 5.82. The number of morpholine rings is 1. The summed E-state index contributed by atoms with van der Waals surface area (Å²) in [5, 5.41) is 10.3. The first-order valence-corrected chi connectivity index (χ1v) is 7.97. The van der Waals surface area contributed by atoms with Crippen molar-refractivity contribution in [2.24, 2.45) is 0 Å². The molecule has 1 fully saturated rings. The highest BCUT2D eigenvalue weighted by Crippen LogP contribution is 2.27. The summed E-state index contributed by atoms with van der Waals surface area (Å²) in [4.78, 5) is 14.2. The molecule has 3 unspecified atom stereocenters. The number of aliphatic hydroxyl groups excluding tert-OH is 1. The summed E-state index contributed by atoms with van der Waals surface area (Å²) in [6.45, 7) is 2.63. The molecule has 1 aliphatic heterocycles. The molecule has 24 heavy (non-hydrogen) atoms. The fraction of sp³-hybridized carbons (Fsp3) is 0.316. The summed E-state index contributed by atoms with van der Waals surface area (Å²) in [6.07, 6.45) is -1.69. The second kappa shape index (κ2) is 7.11. The first-order chi connectivity index (χ1) is 11.5. The van der Waals surface area contributed by atoms with Crippen LogP contribution in [0.4, 0.5) is 4.39 Å². The molecule has 1 saturated heterocycles. The number of halogens is 1. The van der Waals surface area contributed by atoms with Gasteiger partial charge < -0.3 is 14.7 Å². The van der Waals surface area contributed by atoms with Crippen molar-refractivity contribution in [1.29, 1.82) is 0 Å². The minimum atomic E-state index is -1.19. The molecule has 1 N–H and O–H groups in total. The third-order valence-electron chi connectivity index (χ3n) is 4.16. The van der Waals surface area contributed by atoms with Crippen LogP contribution in [0.3, 0.4) is 0 Å². The predicted molar refractivity (Wildman–Crippen MR) is 87.7 cm³/mol. The van der Waals surface area contributed by atoms with E-state index in [9.17, 15) is 14.3 Å². The van der Waals surface area contributed by atoms with E-state index in [2.05, 4.69) is 0 Å². The Kier molecular flexibility index (Phi) is 4.92. The largest absolute Gasteiger partial charge is 0.378 e. The van der Waals surface area contributed by atoms with Gasteiger partial charge in [0.05, 0.1) is 12.6 Å². The van der Waals surface area contributed by atoms with Gasteiger partial charge in [0.25, 0.3) is 5.91 Å². The molecule has 3 rings (SSSR count). The van der Waals surface area contributed by atoms with Gasteiger partial charge in [-0.15, -0.1) is 0 Å². The Morgan fingerprint density at radius 3 is 2.50 bits per heavy atom. The quantitative estimate of drug-likeness (QED) is 0.942. The van der Waals surface area contributed by atoms with Gasteiger partial charge in [-0.3, -0.25) is 4.79 Å². The Hall–Kier alpha value is -2.24. The molecule has 126 valence electrons. The number of aliphatic hydroxyl groups is 1. The number of benzene rings is 2. The van der Waals surface area contributed by atoms with Crippen LogP contribution in [0.15, 0.2) is 54.6 Å². The van der Waals surface area contributed by atoms with Crippen molar-refractivity contribution in [3.8, 4) is 0 Å². The molecule has 0 radical (unpaired) electrons. The molecule has 2 aromatic rings. The van der Waals surface area contributed by atoms with E-state index in [4.69, 9.17) is 4.74 Å². The molecule has 0 saturated carbocycles. The van der Waals surface area contributed by atoms with Crippen molar-refractivity contribution < 1.29 is 19.0 Å². The van der Waals surface area contributed by atoms with Crippen LogP contribution in [-0.2, 0) is 9.53 Å². The summed E-state index contributed by atoms with van der Waals surface area (Å²) >= 11 is 0. The maximum Gasteiger partial charge on any atom is 0.256 e. The van der Waals surface area contributed by atoms with Gasteiger partial charge in [-0.25, -0.2) is 4.39 Å². The molecule has 1 amide bonds. The van der Waals surface area contributed by atoms with E-state index in [0.717, 1.165) is 5.56 Å². The number of rotatable bonds is 3. The minimum Gasteiger partial charge on any atom is -0.378 e. The Morgan fingerprint density at radius 1 is 1.17 bits per heavy atom. The van der Waals surface area contributed by atoms with Crippen LogP contribution in [0.2, 0.25) is 0 Å². The zero-order valence-electron chi connectivity index (χ0n) is 13.4. The van der Waals surface area contributed by atoms with Crippen LogP contribution in [0.1, 0.15) is 30.3 Å². The van der Waals surface area contributed by atoms with Gasteiger partial charge in [0.15, 0.2) is 6.10 Å². The highest BCUT2D eigenvalue weighted by atomic mass is 19.1. The third-order valence-corrected chi connectivity index (χ3v) is 4.16. The maximum absolute atomic E-state index is 13.1. The van der Waals surface area contributed by atoms with Gasteiger partial charge in [-0.05, 0) is 30.2 Å². The molecular formula is C19H20FNO3. The molecule has 0 spiro atoms. The molecule has 1 aliphatic rings. The van der Waals surface area contributed by atoms with E-state index in [-0.39, 0.29) is 23.9 Å². The zero-order chi connectivity index (χ0) is 17.1. The van der Waals surface area contributed by atoms with Gasteiger partial charge >= 0.3 is 0 Å². The number of carbonyl (C=O) groups excluding carboxylic acids is 1. The molecule has 1 heterocycles. The van der Waals surface area contributed by atoms with E-state index in [1.54, 1.807) is 41.3 Å². The molecule has 3 atom stereocenters. The highest BCUT2D eigenvalue weighted by Gasteiger charge is 2.32. The normalized spacial score (nSPS) is 22.2. The van der Waals surface area contributed by atoms with E-state index in [1.807, 2.05) is 13.0 Å². The fourth-order valence-electron chi connectivity index (χ4n) is 2.94. The van der Waals surface area contributed by atoms with Gasteiger partial charge in [0.2, 0.25) is 0 Å². The number of ether oxygens (including phenoxy) is 1. The lowest BCUT2D eigenvalue weighted by molar-refractivity contribution is -0.153.